The van der Waals surface area contributed by atoms with E-state index >= 15 is 0 Å². The highest BCUT2D eigenvalue weighted by molar-refractivity contribution is 7.92. The monoisotopic (exact) mass is 459 g/mol. The molecule has 32 heavy (non-hydrogen) atoms. The fourth-order valence-electron chi connectivity index (χ4n) is 3.24. The Morgan fingerprint density at radius 1 is 0.969 bits per heavy atom. The zero-order valence-corrected chi connectivity index (χ0v) is 20.0. The van der Waals surface area contributed by atoms with Crippen LogP contribution in [0, 0.1) is 0 Å². The number of amides is 2. The van der Waals surface area contributed by atoms with Gasteiger partial charge in [-0.3, -0.25) is 13.9 Å². The molecule has 0 saturated heterocycles. The maximum atomic E-state index is 13.3. The number of anilines is 1. The Balaban J connectivity index is 2.27. The predicted molar refractivity (Wildman–Crippen MR) is 128 cm³/mol. The molecule has 2 amide bonds. The van der Waals surface area contributed by atoms with Gasteiger partial charge in [0.2, 0.25) is 21.8 Å². The Morgan fingerprint density at radius 2 is 1.53 bits per heavy atom. The molecular weight excluding hydrogens is 426 g/mol. The molecule has 0 aromatic heterocycles. The van der Waals surface area contributed by atoms with Crippen molar-refractivity contribution in [3.05, 3.63) is 66.2 Å². The van der Waals surface area contributed by atoms with Crippen molar-refractivity contribution in [2.75, 3.05) is 23.7 Å². The zero-order chi connectivity index (χ0) is 23.7. The molecule has 2 aromatic carbocycles. The number of sulfonamides is 1. The fraction of sp³-hybridized carbons (Fsp3) is 0.417. The Morgan fingerprint density at radius 3 is 2.06 bits per heavy atom. The molecule has 174 valence electrons. The molecule has 7 nitrogen and oxygen atoms in total. The minimum absolute atomic E-state index is 0.0205. The Bertz CT molecular complexity index is 981. The van der Waals surface area contributed by atoms with E-state index in [-0.39, 0.29) is 18.5 Å². The number of hydrogen-bond donors (Lipinski definition) is 1. The lowest BCUT2D eigenvalue weighted by Crippen LogP contribution is -2.53. The van der Waals surface area contributed by atoms with Gasteiger partial charge in [-0.15, -0.1) is 0 Å². The maximum Gasteiger partial charge on any atom is 0.244 e. The number of nitrogens with zero attached hydrogens (tertiary/aromatic N) is 2. The normalized spacial score (nSPS) is 13.1. The van der Waals surface area contributed by atoms with Gasteiger partial charge >= 0.3 is 0 Å². The van der Waals surface area contributed by atoms with E-state index in [9.17, 15) is 18.0 Å². The molecule has 1 N–H and O–H groups in total. The van der Waals surface area contributed by atoms with Crippen molar-refractivity contribution in [1.29, 1.82) is 0 Å². The first-order valence-electron chi connectivity index (χ1n) is 10.8. The molecule has 0 aliphatic heterocycles. The summed E-state index contributed by atoms with van der Waals surface area (Å²) in [6.07, 6.45) is 2.39. The first kappa shape index (κ1) is 25.4. The number of carbonyl (C=O) groups is 2. The highest BCUT2D eigenvalue weighted by atomic mass is 32.2. The average molecular weight is 460 g/mol. The van der Waals surface area contributed by atoms with Crippen molar-refractivity contribution in [1.82, 2.24) is 10.2 Å². The van der Waals surface area contributed by atoms with Crippen molar-refractivity contribution in [2.45, 2.75) is 45.7 Å². The molecule has 0 fully saturated rings. The predicted octanol–water partition coefficient (Wildman–Crippen LogP) is 2.83. The minimum Gasteiger partial charge on any atom is -0.352 e. The van der Waals surface area contributed by atoms with Crippen molar-refractivity contribution in [3.8, 4) is 0 Å². The van der Waals surface area contributed by atoms with Crippen molar-refractivity contribution < 1.29 is 18.0 Å². The summed E-state index contributed by atoms with van der Waals surface area (Å²) in [4.78, 5) is 27.6. The molecule has 0 spiro atoms. The average Bonchev–Trinajstić information content (AvgIpc) is 2.77. The van der Waals surface area contributed by atoms with Crippen LogP contribution in [0.4, 0.5) is 5.69 Å². The van der Waals surface area contributed by atoms with Gasteiger partial charge in [-0.05, 0) is 44.4 Å². The lowest BCUT2D eigenvalue weighted by molar-refractivity contribution is -0.139. The second kappa shape index (κ2) is 11.7. The summed E-state index contributed by atoms with van der Waals surface area (Å²) in [5, 5.41) is 2.91. The van der Waals surface area contributed by atoms with E-state index in [4.69, 9.17) is 0 Å². The molecule has 0 aliphatic carbocycles. The lowest BCUT2D eigenvalue weighted by Gasteiger charge is -2.32. The van der Waals surface area contributed by atoms with Gasteiger partial charge in [0.25, 0.3) is 0 Å². The van der Waals surface area contributed by atoms with Gasteiger partial charge in [0, 0.05) is 12.6 Å². The molecule has 0 bridgehead atoms. The van der Waals surface area contributed by atoms with E-state index in [0.717, 1.165) is 22.5 Å². The van der Waals surface area contributed by atoms with Gasteiger partial charge in [0.05, 0.1) is 11.9 Å². The van der Waals surface area contributed by atoms with E-state index in [2.05, 4.69) is 5.32 Å². The summed E-state index contributed by atoms with van der Waals surface area (Å²) in [7, 11) is -3.70. The third kappa shape index (κ3) is 7.37. The highest BCUT2D eigenvalue weighted by Crippen LogP contribution is 2.18. The number of carbonyl (C=O) groups excluding carboxylic acids is 2. The van der Waals surface area contributed by atoms with Crippen LogP contribution >= 0.6 is 0 Å². The second-order valence-corrected chi connectivity index (χ2v) is 9.83. The van der Waals surface area contributed by atoms with Crippen LogP contribution in [0.1, 0.15) is 32.8 Å². The fourth-order valence-corrected chi connectivity index (χ4v) is 4.09. The van der Waals surface area contributed by atoms with Gasteiger partial charge in [-0.2, -0.15) is 0 Å². The van der Waals surface area contributed by atoms with E-state index in [1.54, 1.807) is 37.3 Å². The Labute approximate surface area is 191 Å². The number of rotatable bonds is 11. The summed E-state index contributed by atoms with van der Waals surface area (Å²) in [5.74, 6) is -0.687. The second-order valence-electron chi connectivity index (χ2n) is 7.92. The summed E-state index contributed by atoms with van der Waals surface area (Å²) in [5.41, 5.74) is 1.44. The van der Waals surface area contributed by atoms with E-state index in [0.29, 0.717) is 18.7 Å². The van der Waals surface area contributed by atoms with Gasteiger partial charge in [0.15, 0.2) is 0 Å². The molecule has 8 heteroatoms. The van der Waals surface area contributed by atoms with Gasteiger partial charge < -0.3 is 10.2 Å². The van der Waals surface area contributed by atoms with Crippen LogP contribution in [-0.4, -0.2) is 56.6 Å². The molecule has 0 unspecified atom stereocenters. The summed E-state index contributed by atoms with van der Waals surface area (Å²) >= 11 is 0. The number of benzene rings is 2. The molecule has 2 atom stereocenters. The van der Waals surface area contributed by atoms with Gasteiger partial charge in [-0.25, -0.2) is 8.42 Å². The topological polar surface area (TPSA) is 86.8 Å². The summed E-state index contributed by atoms with van der Waals surface area (Å²) in [6.45, 7) is 5.47. The van der Waals surface area contributed by atoms with Crippen molar-refractivity contribution in [2.24, 2.45) is 0 Å². The van der Waals surface area contributed by atoms with Crippen LogP contribution in [0.3, 0.4) is 0 Å². The smallest absolute Gasteiger partial charge is 0.244 e. The van der Waals surface area contributed by atoms with E-state index < -0.39 is 22.0 Å². The summed E-state index contributed by atoms with van der Waals surface area (Å²) < 4.78 is 25.9. The first-order chi connectivity index (χ1) is 15.1. The summed E-state index contributed by atoms with van der Waals surface area (Å²) in [6, 6.07) is 17.4. The van der Waals surface area contributed by atoms with Crippen LogP contribution < -0.4 is 9.62 Å². The molecule has 0 aliphatic rings. The standard InChI is InChI=1S/C24H33N3O4S/c1-5-19(2)25-24(29)20(3)26(17-16-21-12-8-6-9-13-21)23(28)18-27(32(4,30)31)22-14-10-7-11-15-22/h6-15,19-20H,5,16-18H2,1-4H3,(H,25,29)/t19-,20+/m1/s1. The molecule has 2 aromatic rings. The third-order valence-corrected chi connectivity index (χ3v) is 6.52. The van der Waals surface area contributed by atoms with Gasteiger partial charge in [0.1, 0.15) is 12.6 Å². The van der Waals surface area contributed by atoms with Gasteiger partial charge in [-0.1, -0.05) is 55.5 Å². The van der Waals surface area contributed by atoms with E-state index in [1.807, 2.05) is 44.2 Å². The van der Waals surface area contributed by atoms with Crippen LogP contribution in [0.15, 0.2) is 60.7 Å². The van der Waals surface area contributed by atoms with Crippen LogP contribution in [0.25, 0.3) is 0 Å². The maximum absolute atomic E-state index is 13.3. The quantitative estimate of drug-likeness (QED) is 0.560. The Hall–Kier alpha value is -2.87. The largest absolute Gasteiger partial charge is 0.352 e. The van der Waals surface area contributed by atoms with Crippen LogP contribution in [0.2, 0.25) is 0 Å². The lowest BCUT2D eigenvalue weighted by atomic mass is 10.1. The molecule has 0 heterocycles. The third-order valence-electron chi connectivity index (χ3n) is 5.38. The SMILES string of the molecule is CC[C@@H](C)NC(=O)[C@H](C)N(CCc1ccccc1)C(=O)CN(c1ccccc1)S(C)(=O)=O. The number of nitrogens with one attached hydrogen (secondary N) is 1. The molecular formula is C24H33N3O4S. The van der Waals surface area contributed by atoms with Crippen LogP contribution in [0.5, 0.6) is 0 Å². The van der Waals surface area contributed by atoms with Crippen molar-refractivity contribution >= 4 is 27.5 Å². The highest BCUT2D eigenvalue weighted by Gasteiger charge is 2.30. The van der Waals surface area contributed by atoms with E-state index in [1.165, 1.54) is 4.90 Å². The zero-order valence-electron chi connectivity index (χ0n) is 19.2. The Kier molecular flexibility index (Phi) is 9.26. The first-order valence-corrected chi connectivity index (χ1v) is 12.6. The number of hydrogen-bond acceptors (Lipinski definition) is 4. The van der Waals surface area contributed by atoms with Crippen molar-refractivity contribution in [3.63, 3.8) is 0 Å². The number of para-hydroxylation sites is 1. The minimum atomic E-state index is -3.70. The molecule has 0 radical (unpaired) electrons. The molecule has 2 rings (SSSR count). The van der Waals surface area contributed by atoms with Crippen LogP contribution in [-0.2, 0) is 26.0 Å². The molecule has 0 saturated carbocycles.